The van der Waals surface area contributed by atoms with Gasteiger partial charge in [0.1, 0.15) is 5.52 Å². The Kier molecular flexibility index (Phi) is 3.32. The van der Waals surface area contributed by atoms with Crippen molar-refractivity contribution in [1.82, 2.24) is 25.2 Å². The number of hydrogen-bond donors (Lipinski definition) is 3. The second-order valence-corrected chi connectivity index (χ2v) is 7.53. The van der Waals surface area contributed by atoms with Crippen LogP contribution < -0.4 is 5.32 Å². The first-order chi connectivity index (χ1) is 12.5. The molecule has 1 spiro atoms. The maximum Gasteiger partial charge on any atom is 0.272 e. The van der Waals surface area contributed by atoms with Crippen molar-refractivity contribution in [2.45, 2.75) is 25.0 Å². The summed E-state index contributed by atoms with van der Waals surface area (Å²) in [4.78, 5) is 38.0. The highest BCUT2D eigenvalue weighted by molar-refractivity contribution is 6.05. The summed E-state index contributed by atoms with van der Waals surface area (Å²) in [6, 6.07) is 0. The molecule has 3 fully saturated rings. The lowest BCUT2D eigenvalue weighted by Gasteiger charge is -2.55. The number of amides is 2. The summed E-state index contributed by atoms with van der Waals surface area (Å²) in [5, 5.41) is 12.5. The number of rotatable bonds is 4. The Balaban J connectivity index is 1.28. The van der Waals surface area contributed by atoms with Gasteiger partial charge in [0.05, 0.1) is 36.1 Å². The highest BCUT2D eigenvalue weighted by Gasteiger charge is 2.51. The second-order valence-electron chi connectivity index (χ2n) is 7.53. The lowest BCUT2D eigenvalue weighted by atomic mass is 9.78. The fourth-order valence-electron chi connectivity index (χ4n) is 3.58. The van der Waals surface area contributed by atoms with Crippen LogP contribution in [0.5, 0.6) is 0 Å². The molecule has 3 aliphatic rings. The summed E-state index contributed by atoms with van der Waals surface area (Å²) < 4.78 is 5.17. The lowest BCUT2D eigenvalue weighted by Crippen LogP contribution is -2.69. The van der Waals surface area contributed by atoms with Gasteiger partial charge in [0, 0.05) is 25.2 Å². The van der Waals surface area contributed by atoms with Gasteiger partial charge in [-0.3, -0.25) is 9.59 Å². The number of nitrogens with one attached hydrogen (secondary N) is 2. The third kappa shape index (κ3) is 2.46. The average Bonchev–Trinajstić information content (AvgIpc) is 3.31. The summed E-state index contributed by atoms with van der Waals surface area (Å²) in [6.45, 7) is 2.41. The van der Waals surface area contributed by atoms with E-state index in [9.17, 15) is 14.7 Å². The van der Waals surface area contributed by atoms with Gasteiger partial charge < -0.3 is 25.0 Å². The van der Waals surface area contributed by atoms with Crippen molar-refractivity contribution in [3.63, 3.8) is 0 Å². The van der Waals surface area contributed by atoms with Crippen LogP contribution in [0.2, 0.25) is 0 Å². The smallest absolute Gasteiger partial charge is 0.272 e. The molecule has 4 heterocycles. The van der Waals surface area contributed by atoms with Gasteiger partial charge >= 0.3 is 0 Å². The van der Waals surface area contributed by atoms with Gasteiger partial charge in [0.2, 0.25) is 6.23 Å². The van der Waals surface area contributed by atoms with Crippen LogP contribution in [0.15, 0.2) is 12.4 Å². The molecule has 1 saturated carbocycles. The van der Waals surface area contributed by atoms with Crippen LogP contribution >= 0.6 is 0 Å². The normalized spacial score (nSPS) is 22.0. The predicted octanol–water partition coefficient (Wildman–Crippen LogP) is -0.258. The van der Waals surface area contributed by atoms with E-state index in [1.165, 1.54) is 11.1 Å². The number of aromatic nitrogens is 3. The molecule has 0 radical (unpaired) electrons. The maximum atomic E-state index is 12.5. The second kappa shape index (κ2) is 5.49. The Morgan fingerprint density at radius 2 is 2.15 bits per heavy atom. The highest BCUT2D eigenvalue weighted by Crippen LogP contribution is 2.39. The largest absolute Gasteiger partial charge is 0.380 e. The Bertz CT molecular complexity index is 894. The van der Waals surface area contributed by atoms with E-state index in [4.69, 9.17) is 4.74 Å². The number of carbonyl (C=O) groups excluding carboxylic acids is 2. The zero-order valence-electron chi connectivity index (χ0n) is 14.1. The predicted molar refractivity (Wildman–Crippen MR) is 89.2 cm³/mol. The molecule has 136 valence electrons. The molecule has 9 heteroatoms. The van der Waals surface area contributed by atoms with E-state index in [1.54, 1.807) is 6.20 Å². The van der Waals surface area contributed by atoms with Crippen molar-refractivity contribution in [2.24, 2.45) is 5.41 Å². The quantitative estimate of drug-likeness (QED) is 0.649. The standard InChI is InChI=1S/C17H19N5O4/c23-14(21-15(24)16(25)22-5-17(6-22)7-26-8-17)10-3-18-13-12(10)20-11(4-19-13)9-1-2-9/h3-4,9,15,24H,1-2,5-8H2,(H,18,19)(H,21,23)/t15-/m1/s1. The summed E-state index contributed by atoms with van der Waals surface area (Å²) >= 11 is 0. The number of nitrogens with zero attached hydrogens (tertiary/aromatic N) is 3. The van der Waals surface area contributed by atoms with Gasteiger partial charge in [-0.1, -0.05) is 0 Å². The summed E-state index contributed by atoms with van der Waals surface area (Å²) in [6.07, 6.45) is 3.81. The van der Waals surface area contributed by atoms with E-state index < -0.39 is 18.0 Å². The molecule has 2 aromatic rings. The number of aliphatic hydroxyl groups is 1. The monoisotopic (exact) mass is 357 g/mol. The first kappa shape index (κ1) is 15.7. The van der Waals surface area contributed by atoms with E-state index >= 15 is 0 Å². The number of H-pyrrole nitrogens is 1. The van der Waals surface area contributed by atoms with Crippen LogP contribution in [0.4, 0.5) is 0 Å². The van der Waals surface area contributed by atoms with Crippen molar-refractivity contribution in [3.05, 3.63) is 23.7 Å². The summed E-state index contributed by atoms with van der Waals surface area (Å²) in [5.41, 5.74) is 2.17. The minimum absolute atomic E-state index is 0.0605. The number of carbonyl (C=O) groups is 2. The van der Waals surface area contributed by atoms with Crippen molar-refractivity contribution in [2.75, 3.05) is 26.3 Å². The first-order valence-corrected chi connectivity index (χ1v) is 8.74. The molecule has 9 nitrogen and oxygen atoms in total. The van der Waals surface area contributed by atoms with Crippen LogP contribution in [0.1, 0.15) is 34.8 Å². The first-order valence-electron chi connectivity index (χ1n) is 8.74. The average molecular weight is 357 g/mol. The molecule has 1 aliphatic carbocycles. The molecule has 0 bridgehead atoms. The molecule has 2 amide bonds. The molecule has 26 heavy (non-hydrogen) atoms. The van der Waals surface area contributed by atoms with Gasteiger partial charge in [-0.05, 0) is 12.8 Å². The van der Waals surface area contributed by atoms with Crippen molar-refractivity contribution in [3.8, 4) is 0 Å². The van der Waals surface area contributed by atoms with Crippen LogP contribution in [0, 0.1) is 5.41 Å². The topological polar surface area (TPSA) is 120 Å². The van der Waals surface area contributed by atoms with Crippen LogP contribution in [0.3, 0.4) is 0 Å². The Labute approximate surface area is 148 Å². The zero-order chi connectivity index (χ0) is 17.9. The molecule has 0 unspecified atom stereocenters. The number of aliphatic hydroxyl groups excluding tert-OH is 1. The van der Waals surface area contributed by atoms with Crippen molar-refractivity contribution < 1.29 is 19.4 Å². The molecule has 3 N–H and O–H groups in total. The third-order valence-corrected chi connectivity index (χ3v) is 5.32. The van der Waals surface area contributed by atoms with Crippen LogP contribution in [-0.4, -0.2) is 69.3 Å². The van der Waals surface area contributed by atoms with E-state index in [0.717, 1.165) is 18.5 Å². The van der Waals surface area contributed by atoms with Crippen molar-refractivity contribution in [1.29, 1.82) is 0 Å². The molecule has 0 aromatic carbocycles. The lowest BCUT2D eigenvalue weighted by molar-refractivity contribution is -0.200. The highest BCUT2D eigenvalue weighted by atomic mass is 16.5. The molecule has 1 atom stereocenters. The van der Waals surface area contributed by atoms with E-state index in [-0.39, 0.29) is 11.0 Å². The molecule has 5 rings (SSSR count). The van der Waals surface area contributed by atoms with Gasteiger partial charge in [0.15, 0.2) is 5.65 Å². The molecule has 2 aliphatic heterocycles. The van der Waals surface area contributed by atoms with Gasteiger partial charge in [-0.2, -0.15) is 0 Å². The van der Waals surface area contributed by atoms with Gasteiger partial charge in [-0.25, -0.2) is 9.97 Å². The molecule has 2 saturated heterocycles. The molecular formula is C17H19N5O4. The van der Waals surface area contributed by atoms with Crippen LogP contribution in [-0.2, 0) is 9.53 Å². The fraction of sp³-hybridized carbons (Fsp3) is 0.529. The minimum Gasteiger partial charge on any atom is -0.380 e. The Morgan fingerprint density at radius 1 is 1.38 bits per heavy atom. The molecule has 2 aromatic heterocycles. The number of hydrogen-bond acceptors (Lipinski definition) is 6. The van der Waals surface area contributed by atoms with E-state index in [2.05, 4.69) is 20.3 Å². The van der Waals surface area contributed by atoms with Gasteiger partial charge in [0.25, 0.3) is 11.8 Å². The zero-order valence-corrected chi connectivity index (χ0v) is 14.1. The summed E-state index contributed by atoms with van der Waals surface area (Å²) in [5.74, 6) is -0.638. The molecular weight excluding hydrogens is 338 g/mol. The third-order valence-electron chi connectivity index (χ3n) is 5.32. The minimum atomic E-state index is -1.58. The maximum absolute atomic E-state index is 12.5. The fourth-order valence-corrected chi connectivity index (χ4v) is 3.58. The Morgan fingerprint density at radius 3 is 2.81 bits per heavy atom. The number of fused-ring (bicyclic) bond motifs is 1. The number of ether oxygens (including phenoxy) is 1. The van der Waals surface area contributed by atoms with E-state index in [0.29, 0.717) is 43.4 Å². The van der Waals surface area contributed by atoms with Gasteiger partial charge in [-0.15, -0.1) is 0 Å². The number of likely N-dealkylation sites (tertiary alicyclic amines) is 1. The Hall–Kier alpha value is -2.52. The van der Waals surface area contributed by atoms with Crippen molar-refractivity contribution >= 4 is 23.0 Å². The van der Waals surface area contributed by atoms with Crippen LogP contribution in [0.25, 0.3) is 11.2 Å². The van der Waals surface area contributed by atoms with E-state index in [1.807, 2.05) is 0 Å². The SMILES string of the molecule is O=C(N[C@H](O)C(=O)N1CC2(COC2)C1)c1c[nH]c2ncc(C3CC3)nc12. The number of aromatic amines is 1. The summed E-state index contributed by atoms with van der Waals surface area (Å²) in [7, 11) is 0.